The van der Waals surface area contributed by atoms with E-state index in [4.69, 9.17) is 32.7 Å². The summed E-state index contributed by atoms with van der Waals surface area (Å²) in [6.45, 7) is 2.29. The zero-order chi connectivity index (χ0) is 19.8. The number of hydrazine groups is 1. The fourth-order valence-corrected chi connectivity index (χ4v) is 3.17. The summed E-state index contributed by atoms with van der Waals surface area (Å²) in [5, 5.41) is 2.44. The quantitative estimate of drug-likeness (QED) is 0.227. The Bertz CT molecular complexity index is 795. The number of carbonyl (C=O) groups is 1. The van der Waals surface area contributed by atoms with Crippen molar-refractivity contribution < 1.29 is 14.3 Å². The van der Waals surface area contributed by atoms with E-state index in [0.29, 0.717) is 16.6 Å². The lowest BCUT2D eigenvalue weighted by molar-refractivity contribution is -0.138. The van der Waals surface area contributed by atoms with E-state index in [-0.39, 0.29) is 12.3 Å². The Labute approximate surface area is 168 Å². The number of thioether (sulfide) groups is 1. The van der Waals surface area contributed by atoms with Crippen LogP contribution in [0.15, 0.2) is 64.2 Å². The maximum Gasteiger partial charge on any atom is 0.356 e. The lowest BCUT2D eigenvalue weighted by Crippen LogP contribution is -2.32. The second kappa shape index (κ2) is 10.1. The Balaban J connectivity index is 2.27. The summed E-state index contributed by atoms with van der Waals surface area (Å²) < 4.78 is 10.2. The van der Waals surface area contributed by atoms with Gasteiger partial charge in [-0.05, 0) is 48.9 Å². The van der Waals surface area contributed by atoms with Crippen molar-refractivity contribution in [3.63, 3.8) is 0 Å². The first kappa shape index (κ1) is 21.0. The molecule has 2 rings (SSSR count). The minimum Gasteiger partial charge on any atom is -0.497 e. The van der Waals surface area contributed by atoms with E-state index in [2.05, 4.69) is 0 Å². The maximum atomic E-state index is 12.1. The smallest absolute Gasteiger partial charge is 0.356 e. The third kappa shape index (κ3) is 6.09. The molecule has 0 bridgehead atoms. The zero-order valence-electron chi connectivity index (χ0n) is 15.1. The van der Waals surface area contributed by atoms with E-state index in [9.17, 15) is 4.79 Å². The van der Waals surface area contributed by atoms with Gasteiger partial charge in [0.15, 0.2) is 0 Å². The Morgan fingerprint density at radius 1 is 1.15 bits per heavy atom. The molecule has 0 atom stereocenters. The normalized spacial score (nSPS) is 11.6. The standard InChI is InChI=1S/C19H22ClN3O3S/c1-3-26-19(24)17(21)18(27-16-10-6-14(20)7-11-16)23(22)12-13-4-8-15(25-2)9-5-13/h4-11H,3,12,21-22H2,1-2H3/b18-17+. The molecule has 0 aliphatic carbocycles. The van der Waals surface area contributed by atoms with Crippen molar-refractivity contribution in [2.24, 2.45) is 11.6 Å². The van der Waals surface area contributed by atoms with E-state index >= 15 is 0 Å². The second-order valence-electron chi connectivity index (χ2n) is 5.47. The summed E-state index contributed by atoms with van der Waals surface area (Å²) in [6.07, 6.45) is 0. The topological polar surface area (TPSA) is 90.8 Å². The molecule has 0 unspecified atom stereocenters. The maximum absolute atomic E-state index is 12.1. The van der Waals surface area contributed by atoms with E-state index < -0.39 is 5.97 Å². The number of hydrogen-bond donors (Lipinski definition) is 2. The first-order valence-electron chi connectivity index (χ1n) is 8.20. The molecule has 0 spiro atoms. The minimum atomic E-state index is -0.612. The van der Waals surface area contributed by atoms with Crippen LogP contribution in [-0.4, -0.2) is 24.7 Å². The molecule has 144 valence electrons. The number of carbonyl (C=O) groups excluding carboxylic acids is 1. The highest BCUT2D eigenvalue weighted by atomic mass is 35.5. The number of nitrogens with zero attached hydrogens (tertiary/aromatic N) is 1. The molecule has 0 aliphatic rings. The molecule has 0 saturated carbocycles. The van der Waals surface area contributed by atoms with Crippen LogP contribution >= 0.6 is 23.4 Å². The van der Waals surface area contributed by atoms with Crippen molar-refractivity contribution in [3.8, 4) is 5.75 Å². The van der Waals surface area contributed by atoms with Gasteiger partial charge in [-0.15, -0.1) is 0 Å². The first-order valence-corrected chi connectivity index (χ1v) is 9.39. The Morgan fingerprint density at radius 2 is 1.78 bits per heavy atom. The Kier molecular flexibility index (Phi) is 7.84. The van der Waals surface area contributed by atoms with Crippen molar-refractivity contribution in [3.05, 3.63) is 69.8 Å². The number of ether oxygens (including phenoxy) is 2. The van der Waals surface area contributed by atoms with E-state index in [1.54, 1.807) is 26.2 Å². The highest BCUT2D eigenvalue weighted by Gasteiger charge is 2.19. The van der Waals surface area contributed by atoms with Crippen molar-refractivity contribution in [2.45, 2.75) is 18.4 Å². The van der Waals surface area contributed by atoms with Crippen LogP contribution in [0.25, 0.3) is 0 Å². The monoisotopic (exact) mass is 407 g/mol. The number of benzene rings is 2. The van der Waals surface area contributed by atoms with Crippen molar-refractivity contribution in [2.75, 3.05) is 13.7 Å². The van der Waals surface area contributed by atoms with Crippen LogP contribution in [-0.2, 0) is 16.1 Å². The van der Waals surface area contributed by atoms with Crippen LogP contribution in [0.3, 0.4) is 0 Å². The molecule has 2 aromatic carbocycles. The number of nitrogens with two attached hydrogens (primary N) is 2. The van der Waals surface area contributed by atoms with Crippen LogP contribution in [0, 0.1) is 0 Å². The molecule has 0 aliphatic heterocycles. The van der Waals surface area contributed by atoms with Crippen molar-refractivity contribution in [1.82, 2.24) is 5.01 Å². The predicted octanol–water partition coefficient (Wildman–Crippen LogP) is 3.51. The minimum absolute atomic E-state index is 0.0483. The first-order chi connectivity index (χ1) is 12.9. The third-order valence-electron chi connectivity index (χ3n) is 3.53. The average Bonchev–Trinajstić information content (AvgIpc) is 2.67. The number of esters is 1. The summed E-state index contributed by atoms with van der Waals surface area (Å²) in [7, 11) is 1.61. The van der Waals surface area contributed by atoms with Crippen LogP contribution in [0.1, 0.15) is 12.5 Å². The van der Waals surface area contributed by atoms with Gasteiger partial charge in [0.1, 0.15) is 16.5 Å². The van der Waals surface area contributed by atoms with Crippen LogP contribution in [0.2, 0.25) is 5.02 Å². The molecule has 0 saturated heterocycles. The molecule has 6 nitrogen and oxygen atoms in total. The molecule has 0 fully saturated rings. The highest BCUT2D eigenvalue weighted by molar-refractivity contribution is 8.03. The van der Waals surface area contributed by atoms with Gasteiger partial charge in [-0.2, -0.15) is 0 Å². The third-order valence-corrected chi connectivity index (χ3v) is 4.93. The number of methoxy groups -OCH3 is 1. The van der Waals surface area contributed by atoms with Gasteiger partial charge in [0.25, 0.3) is 0 Å². The lowest BCUT2D eigenvalue weighted by atomic mass is 10.2. The van der Waals surface area contributed by atoms with Crippen LogP contribution in [0.4, 0.5) is 0 Å². The van der Waals surface area contributed by atoms with Crippen molar-refractivity contribution in [1.29, 1.82) is 0 Å². The Morgan fingerprint density at radius 3 is 2.33 bits per heavy atom. The molecular weight excluding hydrogens is 386 g/mol. The molecule has 8 heteroatoms. The fourth-order valence-electron chi connectivity index (χ4n) is 2.18. The van der Waals surface area contributed by atoms with Gasteiger partial charge >= 0.3 is 5.97 Å². The van der Waals surface area contributed by atoms with Gasteiger partial charge in [0, 0.05) is 9.92 Å². The average molecular weight is 408 g/mol. The largest absolute Gasteiger partial charge is 0.497 e. The molecule has 4 N–H and O–H groups in total. The van der Waals surface area contributed by atoms with E-state index in [1.807, 2.05) is 36.4 Å². The van der Waals surface area contributed by atoms with Gasteiger partial charge in [0.05, 0.1) is 20.3 Å². The van der Waals surface area contributed by atoms with E-state index in [1.165, 1.54) is 16.8 Å². The van der Waals surface area contributed by atoms with Crippen molar-refractivity contribution >= 4 is 29.3 Å². The molecule has 0 aromatic heterocycles. The molecule has 0 amide bonds. The molecule has 27 heavy (non-hydrogen) atoms. The summed E-state index contributed by atoms with van der Waals surface area (Å²) in [4.78, 5) is 13.0. The van der Waals surface area contributed by atoms with Crippen LogP contribution in [0.5, 0.6) is 5.75 Å². The highest BCUT2D eigenvalue weighted by Crippen LogP contribution is 2.31. The van der Waals surface area contributed by atoms with Gasteiger partial charge in [0.2, 0.25) is 0 Å². The molecule has 2 aromatic rings. The fraction of sp³-hybridized carbons (Fsp3) is 0.211. The van der Waals surface area contributed by atoms with Gasteiger partial charge in [-0.1, -0.05) is 35.5 Å². The molecular formula is C19H22ClN3O3S. The summed E-state index contributed by atoms with van der Waals surface area (Å²) in [5.74, 6) is 6.38. The predicted molar refractivity (Wildman–Crippen MR) is 108 cm³/mol. The second-order valence-corrected chi connectivity index (χ2v) is 6.97. The summed E-state index contributed by atoms with van der Waals surface area (Å²) >= 11 is 7.20. The molecule has 0 heterocycles. The summed E-state index contributed by atoms with van der Waals surface area (Å²) in [5.41, 5.74) is 6.93. The molecule has 0 radical (unpaired) electrons. The lowest BCUT2D eigenvalue weighted by Gasteiger charge is -2.23. The number of rotatable bonds is 8. The van der Waals surface area contributed by atoms with Crippen LogP contribution < -0.4 is 16.3 Å². The van der Waals surface area contributed by atoms with Gasteiger partial charge < -0.3 is 15.2 Å². The van der Waals surface area contributed by atoms with E-state index in [0.717, 1.165) is 16.2 Å². The number of hydrogen-bond acceptors (Lipinski definition) is 7. The Hall–Kier alpha value is -2.35. The van der Waals surface area contributed by atoms with Gasteiger partial charge in [-0.25, -0.2) is 10.6 Å². The number of halogens is 1. The van der Waals surface area contributed by atoms with Gasteiger partial charge in [-0.3, -0.25) is 5.01 Å². The summed E-state index contributed by atoms with van der Waals surface area (Å²) in [6, 6.07) is 14.6. The SMILES string of the molecule is CCOC(=O)/C(N)=C(\Sc1ccc(Cl)cc1)N(N)Cc1ccc(OC)cc1. The zero-order valence-corrected chi connectivity index (χ0v) is 16.7.